The molecule has 0 aliphatic heterocycles. The molecule has 2 aromatic rings. The highest BCUT2D eigenvalue weighted by atomic mass is 35.5. The molecule has 0 amide bonds. The molecule has 3 rings (SSSR count). The van der Waals surface area contributed by atoms with Crippen molar-refractivity contribution >= 4 is 23.2 Å². The predicted octanol–water partition coefficient (Wildman–Crippen LogP) is 2.18. The van der Waals surface area contributed by atoms with Crippen LogP contribution in [-0.2, 0) is 6.42 Å². The summed E-state index contributed by atoms with van der Waals surface area (Å²) in [6.45, 7) is 0. The lowest BCUT2D eigenvalue weighted by atomic mass is 9.84. The van der Waals surface area contributed by atoms with Crippen molar-refractivity contribution in [1.82, 2.24) is 0 Å². The van der Waals surface area contributed by atoms with Crippen LogP contribution in [0.1, 0.15) is 17.2 Å². The summed E-state index contributed by atoms with van der Waals surface area (Å²) in [4.78, 5) is 0. The summed E-state index contributed by atoms with van der Waals surface area (Å²) in [7, 11) is 0. The number of aliphatic hydroxyl groups excluding tert-OH is 1. The Hall–Kier alpha value is -1.09. The molecule has 3 N–H and O–H groups in total. The summed E-state index contributed by atoms with van der Waals surface area (Å²) in [6, 6.07) is 12.1. The minimum atomic E-state index is -0.524. The third-order valence-corrected chi connectivity index (χ3v) is 3.20. The molecule has 2 unspecified atom stereocenters. The van der Waals surface area contributed by atoms with Gasteiger partial charge in [0.05, 0.1) is 6.10 Å². The van der Waals surface area contributed by atoms with Gasteiger partial charge in [-0.15, -0.1) is 12.4 Å². The summed E-state index contributed by atoms with van der Waals surface area (Å²) in [5.74, 6) is 0. The molecule has 2 nitrogen and oxygen atoms in total. The van der Waals surface area contributed by atoms with Gasteiger partial charge in [-0.3, -0.25) is 0 Å². The van der Waals surface area contributed by atoms with Crippen molar-refractivity contribution in [1.29, 1.82) is 0 Å². The monoisotopic (exact) mass is 235 g/mol. The van der Waals surface area contributed by atoms with E-state index in [1.807, 2.05) is 18.2 Å². The highest BCUT2D eigenvalue weighted by molar-refractivity contribution is 5.90. The van der Waals surface area contributed by atoms with Gasteiger partial charge in [0.1, 0.15) is 0 Å². The highest BCUT2D eigenvalue weighted by Crippen LogP contribution is 2.34. The highest BCUT2D eigenvalue weighted by Gasteiger charge is 2.25. The molecule has 1 aliphatic carbocycles. The molecular weight excluding hydrogens is 222 g/mol. The van der Waals surface area contributed by atoms with E-state index in [9.17, 15) is 5.11 Å². The van der Waals surface area contributed by atoms with E-state index in [2.05, 4.69) is 18.2 Å². The predicted molar refractivity (Wildman–Crippen MR) is 67.8 cm³/mol. The maximum atomic E-state index is 10.0. The Kier molecular flexibility index (Phi) is 2.89. The van der Waals surface area contributed by atoms with E-state index in [0.717, 1.165) is 12.0 Å². The molecule has 0 aromatic heterocycles. The van der Waals surface area contributed by atoms with Crippen molar-refractivity contribution in [3.05, 3.63) is 47.5 Å². The van der Waals surface area contributed by atoms with E-state index in [-0.39, 0.29) is 18.4 Å². The number of rotatable bonds is 0. The first-order valence-electron chi connectivity index (χ1n) is 5.21. The second kappa shape index (κ2) is 4.06. The summed E-state index contributed by atoms with van der Waals surface area (Å²) in [5, 5.41) is 12.4. The average molecular weight is 236 g/mol. The lowest BCUT2D eigenvalue weighted by molar-refractivity contribution is 0.144. The van der Waals surface area contributed by atoms with Crippen LogP contribution in [0, 0.1) is 0 Å². The molecular formula is C13H14ClNO. The first-order valence-corrected chi connectivity index (χ1v) is 5.21. The Morgan fingerprint density at radius 1 is 1.12 bits per heavy atom. The van der Waals surface area contributed by atoms with Crippen LogP contribution in [0.25, 0.3) is 10.8 Å². The summed E-state index contributed by atoms with van der Waals surface area (Å²) in [6.07, 6.45) is 0.235. The SMILES string of the molecule is Cl.NC1Cc2cccc3cccc(c23)C1O. The molecule has 3 heteroatoms. The minimum absolute atomic E-state index is 0. The lowest BCUT2D eigenvalue weighted by Crippen LogP contribution is -2.33. The summed E-state index contributed by atoms with van der Waals surface area (Å²) in [5.41, 5.74) is 8.14. The largest absolute Gasteiger partial charge is 0.387 e. The quantitative estimate of drug-likeness (QED) is 0.735. The van der Waals surface area contributed by atoms with E-state index >= 15 is 0 Å². The molecule has 2 atom stereocenters. The van der Waals surface area contributed by atoms with Crippen molar-refractivity contribution in [3.63, 3.8) is 0 Å². The van der Waals surface area contributed by atoms with Crippen LogP contribution in [0.5, 0.6) is 0 Å². The lowest BCUT2D eigenvalue weighted by Gasteiger charge is -2.27. The van der Waals surface area contributed by atoms with Gasteiger partial charge in [-0.2, -0.15) is 0 Å². The number of aliphatic hydroxyl groups is 1. The second-order valence-electron chi connectivity index (χ2n) is 4.18. The molecule has 0 spiro atoms. The van der Waals surface area contributed by atoms with E-state index in [0.29, 0.717) is 0 Å². The van der Waals surface area contributed by atoms with Gasteiger partial charge in [0, 0.05) is 6.04 Å². The topological polar surface area (TPSA) is 46.2 Å². The van der Waals surface area contributed by atoms with Gasteiger partial charge in [0.25, 0.3) is 0 Å². The van der Waals surface area contributed by atoms with Gasteiger partial charge in [-0.25, -0.2) is 0 Å². The zero-order chi connectivity index (χ0) is 10.4. The van der Waals surface area contributed by atoms with Gasteiger partial charge in [-0.1, -0.05) is 36.4 Å². The van der Waals surface area contributed by atoms with Crippen molar-refractivity contribution < 1.29 is 5.11 Å². The number of benzene rings is 2. The van der Waals surface area contributed by atoms with E-state index in [4.69, 9.17) is 5.73 Å². The van der Waals surface area contributed by atoms with Crippen LogP contribution in [0.4, 0.5) is 0 Å². The van der Waals surface area contributed by atoms with Gasteiger partial charge in [0.2, 0.25) is 0 Å². The molecule has 16 heavy (non-hydrogen) atoms. The molecule has 0 heterocycles. The third-order valence-electron chi connectivity index (χ3n) is 3.20. The van der Waals surface area contributed by atoms with Crippen LogP contribution >= 0.6 is 12.4 Å². The molecule has 0 radical (unpaired) electrons. The Morgan fingerprint density at radius 2 is 1.81 bits per heavy atom. The van der Waals surface area contributed by atoms with E-state index in [1.54, 1.807) is 0 Å². The maximum Gasteiger partial charge on any atom is 0.0950 e. The van der Waals surface area contributed by atoms with Gasteiger partial charge in [0.15, 0.2) is 0 Å². The zero-order valence-electron chi connectivity index (χ0n) is 8.76. The smallest absolute Gasteiger partial charge is 0.0950 e. The van der Waals surface area contributed by atoms with E-state index < -0.39 is 6.10 Å². The van der Waals surface area contributed by atoms with Crippen molar-refractivity contribution in [2.24, 2.45) is 5.73 Å². The maximum absolute atomic E-state index is 10.0. The fourth-order valence-electron chi connectivity index (χ4n) is 2.46. The van der Waals surface area contributed by atoms with Crippen molar-refractivity contribution in [2.75, 3.05) is 0 Å². The fourth-order valence-corrected chi connectivity index (χ4v) is 2.46. The Bertz CT molecular complexity index is 521. The molecule has 0 saturated carbocycles. The van der Waals surface area contributed by atoms with Crippen LogP contribution in [0.2, 0.25) is 0 Å². The zero-order valence-corrected chi connectivity index (χ0v) is 9.58. The Morgan fingerprint density at radius 3 is 2.56 bits per heavy atom. The van der Waals surface area contributed by atoms with Crippen LogP contribution in [0.3, 0.4) is 0 Å². The molecule has 0 saturated heterocycles. The Balaban J connectivity index is 0.000000963. The number of nitrogens with two attached hydrogens (primary N) is 1. The van der Waals surface area contributed by atoms with Crippen LogP contribution in [-0.4, -0.2) is 11.1 Å². The number of halogens is 1. The summed E-state index contributed by atoms with van der Waals surface area (Å²) >= 11 is 0. The van der Waals surface area contributed by atoms with Crippen LogP contribution in [0.15, 0.2) is 36.4 Å². The number of hydrogen-bond donors (Lipinski definition) is 2. The number of hydrogen-bond acceptors (Lipinski definition) is 2. The van der Waals surface area contributed by atoms with Crippen molar-refractivity contribution in [2.45, 2.75) is 18.6 Å². The molecule has 0 fully saturated rings. The average Bonchev–Trinajstić information content (AvgIpc) is 2.26. The first-order chi connectivity index (χ1) is 7.27. The third kappa shape index (κ3) is 1.50. The van der Waals surface area contributed by atoms with Crippen molar-refractivity contribution in [3.8, 4) is 0 Å². The second-order valence-corrected chi connectivity index (χ2v) is 4.18. The summed E-state index contributed by atoms with van der Waals surface area (Å²) < 4.78 is 0. The first kappa shape index (κ1) is 11.4. The van der Waals surface area contributed by atoms with Gasteiger partial charge in [-0.05, 0) is 28.3 Å². The van der Waals surface area contributed by atoms with E-state index in [1.165, 1.54) is 16.3 Å². The van der Waals surface area contributed by atoms with Gasteiger partial charge < -0.3 is 10.8 Å². The Labute approximate surface area is 100 Å². The normalized spacial score (nSPS) is 22.9. The molecule has 1 aliphatic rings. The molecule has 0 bridgehead atoms. The standard InChI is InChI=1S/C13H13NO.ClH/c14-11-7-9-5-1-3-8-4-2-6-10(12(8)9)13(11)15;/h1-6,11,13,15H,7,14H2;1H. The van der Waals surface area contributed by atoms with Crippen LogP contribution < -0.4 is 5.73 Å². The fraction of sp³-hybridized carbons (Fsp3) is 0.231. The minimum Gasteiger partial charge on any atom is -0.387 e. The van der Waals surface area contributed by atoms with Gasteiger partial charge >= 0.3 is 0 Å². The molecule has 84 valence electrons. The molecule has 2 aromatic carbocycles.